The summed E-state index contributed by atoms with van der Waals surface area (Å²) in [6, 6.07) is 17.7. The Morgan fingerprint density at radius 3 is 2.00 bits per heavy atom. The predicted octanol–water partition coefficient (Wildman–Crippen LogP) is 3.75. The monoisotopic (exact) mass is 378 g/mol. The minimum absolute atomic E-state index is 0. The van der Waals surface area contributed by atoms with Crippen LogP contribution < -0.4 is 0 Å². The van der Waals surface area contributed by atoms with Crippen molar-refractivity contribution in [2.75, 3.05) is 13.2 Å². The SMILES string of the molecule is CC(C)(C)S(=O)C(OCCCO)[c-]1cccc1.[Fe].[cH-]1[cH-][cH-][cH-][cH-]1. The fourth-order valence-electron chi connectivity index (χ4n) is 1.72. The number of hydrogen-bond acceptors (Lipinski definition) is 3. The van der Waals surface area contributed by atoms with Crippen molar-refractivity contribution in [1.82, 2.24) is 0 Å². The van der Waals surface area contributed by atoms with E-state index in [1.807, 2.05) is 75.4 Å². The van der Waals surface area contributed by atoms with Gasteiger partial charge in [0.1, 0.15) is 5.44 Å². The van der Waals surface area contributed by atoms with Crippen molar-refractivity contribution in [3.8, 4) is 0 Å². The molecule has 0 radical (unpaired) electrons. The fraction of sp³-hybridized carbons (Fsp3) is 0.444. The zero-order valence-electron chi connectivity index (χ0n) is 13.9. The van der Waals surface area contributed by atoms with Gasteiger partial charge >= 0.3 is 0 Å². The first-order chi connectivity index (χ1) is 10.5. The van der Waals surface area contributed by atoms with E-state index in [1.165, 1.54) is 0 Å². The molecule has 23 heavy (non-hydrogen) atoms. The van der Waals surface area contributed by atoms with Crippen LogP contribution in [0.5, 0.6) is 0 Å². The number of hydrogen-bond donors (Lipinski definition) is 1. The summed E-state index contributed by atoms with van der Waals surface area (Å²) >= 11 is 0. The molecule has 3 nitrogen and oxygen atoms in total. The standard InChI is InChI=1S/C13H21O3S.C5H5.Fe/c1-13(2,3)17(15)12(16-10-6-9-14)11-7-4-5-8-11;1-2-4-5-3-1;/h4-5,7-8,12,14H,6,9-10H2,1-3H3;1-5H;/q-1;-5;. The topological polar surface area (TPSA) is 46.5 Å². The maximum atomic E-state index is 12.4. The van der Waals surface area contributed by atoms with Gasteiger partial charge in [-0.15, -0.1) is 5.56 Å². The minimum atomic E-state index is -1.11. The molecular weight excluding hydrogens is 352 g/mol. The summed E-state index contributed by atoms with van der Waals surface area (Å²) in [5, 5.41) is 8.75. The number of aliphatic hydroxyl groups is 1. The average Bonchev–Trinajstić information content (AvgIpc) is 3.16. The van der Waals surface area contributed by atoms with Gasteiger partial charge < -0.3 is 40.2 Å². The van der Waals surface area contributed by atoms with E-state index in [9.17, 15) is 4.21 Å². The Kier molecular flexibility index (Phi) is 11.4. The average molecular weight is 378 g/mol. The molecule has 0 saturated heterocycles. The van der Waals surface area contributed by atoms with E-state index in [0.29, 0.717) is 13.0 Å². The third kappa shape index (κ3) is 8.63. The van der Waals surface area contributed by atoms with Gasteiger partial charge in [0.15, 0.2) is 0 Å². The Bertz CT molecular complexity index is 484. The molecule has 0 aliphatic carbocycles. The molecule has 0 heterocycles. The molecule has 0 amide bonds. The molecule has 0 bridgehead atoms. The first-order valence-electron chi connectivity index (χ1n) is 7.48. The molecule has 0 spiro atoms. The Labute approximate surface area is 152 Å². The summed E-state index contributed by atoms with van der Waals surface area (Å²) < 4.78 is 17.7. The van der Waals surface area contributed by atoms with Crippen LogP contribution in [0.15, 0.2) is 54.6 Å². The number of ether oxygens (including phenoxy) is 1. The molecule has 2 rings (SSSR count). The van der Waals surface area contributed by atoms with Gasteiger partial charge in [0.25, 0.3) is 0 Å². The predicted molar refractivity (Wildman–Crippen MR) is 92.4 cm³/mol. The van der Waals surface area contributed by atoms with Crippen molar-refractivity contribution in [1.29, 1.82) is 0 Å². The summed E-state index contributed by atoms with van der Waals surface area (Å²) in [6.07, 6.45) is 0.568. The maximum Gasteiger partial charge on any atom is 0.114 e. The van der Waals surface area contributed by atoms with Gasteiger partial charge in [-0.05, 0) is 27.2 Å². The van der Waals surface area contributed by atoms with Gasteiger partial charge in [-0.25, -0.2) is 12.1 Å². The van der Waals surface area contributed by atoms with Gasteiger partial charge in [0.05, 0.1) is 0 Å². The second-order valence-corrected chi connectivity index (χ2v) is 8.12. The van der Waals surface area contributed by atoms with Crippen molar-refractivity contribution in [3.05, 3.63) is 60.2 Å². The maximum absolute atomic E-state index is 12.4. The first kappa shape index (κ1) is 22.3. The second-order valence-electron chi connectivity index (χ2n) is 5.87. The van der Waals surface area contributed by atoms with Crippen LogP contribution in [-0.2, 0) is 32.6 Å². The Hall–Kier alpha value is -0.711. The van der Waals surface area contributed by atoms with Gasteiger partial charge in [0, 0.05) is 45.8 Å². The summed E-state index contributed by atoms with van der Waals surface area (Å²) in [5.74, 6) is 0. The van der Waals surface area contributed by atoms with E-state index in [-0.39, 0.29) is 28.4 Å². The molecule has 2 aromatic carbocycles. The molecule has 2 unspecified atom stereocenters. The molecular formula is C18H26FeO3S-6. The fourth-order valence-corrected chi connectivity index (χ4v) is 2.99. The summed E-state index contributed by atoms with van der Waals surface area (Å²) in [5.41, 5.74) is 0.535. The molecule has 0 saturated carbocycles. The second kappa shape index (κ2) is 11.8. The molecule has 136 valence electrons. The molecule has 0 aliphatic rings. The smallest absolute Gasteiger partial charge is 0.114 e. The van der Waals surface area contributed by atoms with Crippen LogP contribution in [-0.4, -0.2) is 27.3 Å². The van der Waals surface area contributed by atoms with Crippen LogP contribution in [0.1, 0.15) is 38.2 Å². The first-order valence-corrected chi connectivity index (χ1v) is 8.69. The number of rotatable bonds is 6. The molecule has 5 heteroatoms. The molecule has 1 N–H and O–H groups in total. The van der Waals surface area contributed by atoms with Gasteiger partial charge in [-0.1, -0.05) is 0 Å². The Morgan fingerprint density at radius 1 is 1.13 bits per heavy atom. The van der Waals surface area contributed by atoms with Crippen LogP contribution >= 0.6 is 0 Å². The summed E-state index contributed by atoms with van der Waals surface area (Å²) in [4.78, 5) is 0. The molecule has 0 fully saturated rings. The van der Waals surface area contributed by atoms with E-state index in [1.54, 1.807) is 0 Å². The zero-order chi connectivity index (χ0) is 16.4. The zero-order valence-corrected chi connectivity index (χ0v) is 15.8. The molecule has 0 aliphatic heterocycles. The van der Waals surface area contributed by atoms with Crippen LogP contribution in [0, 0.1) is 0 Å². The third-order valence-electron chi connectivity index (χ3n) is 2.89. The quantitative estimate of drug-likeness (QED) is 0.473. The van der Waals surface area contributed by atoms with Crippen molar-refractivity contribution >= 4 is 10.8 Å². The molecule has 0 aromatic heterocycles. The largest absolute Gasteiger partial charge is 0.748 e. The van der Waals surface area contributed by atoms with E-state index in [4.69, 9.17) is 9.84 Å². The van der Waals surface area contributed by atoms with Crippen molar-refractivity contribution < 1.29 is 31.1 Å². The normalized spacial score (nSPS) is 13.4. The van der Waals surface area contributed by atoms with E-state index in [2.05, 4.69) is 0 Å². The van der Waals surface area contributed by atoms with Crippen LogP contribution in [0.2, 0.25) is 0 Å². The van der Waals surface area contributed by atoms with E-state index < -0.39 is 16.2 Å². The van der Waals surface area contributed by atoms with Gasteiger partial charge in [-0.2, -0.15) is 12.1 Å². The molecule has 2 atom stereocenters. The van der Waals surface area contributed by atoms with E-state index in [0.717, 1.165) is 5.56 Å². The van der Waals surface area contributed by atoms with Crippen molar-refractivity contribution in [3.63, 3.8) is 0 Å². The van der Waals surface area contributed by atoms with Crippen LogP contribution in [0.3, 0.4) is 0 Å². The Balaban J connectivity index is 0.000000684. The van der Waals surface area contributed by atoms with Crippen molar-refractivity contribution in [2.24, 2.45) is 0 Å². The van der Waals surface area contributed by atoms with Gasteiger partial charge in [0.2, 0.25) is 0 Å². The Morgan fingerprint density at radius 2 is 1.61 bits per heavy atom. The van der Waals surface area contributed by atoms with Crippen LogP contribution in [0.4, 0.5) is 0 Å². The molecule has 2 aromatic rings. The summed E-state index contributed by atoms with van der Waals surface area (Å²) in [7, 11) is -1.11. The van der Waals surface area contributed by atoms with Gasteiger partial charge in [-0.3, -0.25) is 4.21 Å². The minimum Gasteiger partial charge on any atom is -0.748 e. The third-order valence-corrected chi connectivity index (χ3v) is 4.89. The van der Waals surface area contributed by atoms with Crippen molar-refractivity contribution in [2.45, 2.75) is 37.4 Å². The summed E-state index contributed by atoms with van der Waals surface area (Å²) in [6.45, 7) is 6.33. The van der Waals surface area contributed by atoms with E-state index >= 15 is 0 Å². The van der Waals surface area contributed by atoms with Crippen LogP contribution in [0.25, 0.3) is 0 Å². The number of aliphatic hydroxyl groups excluding tert-OH is 1.